The fourth-order valence-corrected chi connectivity index (χ4v) is 1.68. The first-order valence-electron chi connectivity index (χ1n) is 4.06. The summed E-state index contributed by atoms with van der Waals surface area (Å²) in [4.78, 5) is 0.248. The van der Waals surface area contributed by atoms with Crippen LogP contribution >= 0.6 is 0 Å². The molecular weight excluding hydrogens is 200 g/mol. The second-order valence-corrected chi connectivity index (χ2v) is 5.04. The largest absolute Gasteiger partial charge is 0.384 e. The Morgan fingerprint density at radius 2 is 1.86 bits per heavy atom. The molecule has 0 aromatic heterocycles. The zero-order valence-electron chi connectivity index (χ0n) is 7.84. The van der Waals surface area contributed by atoms with Crippen LogP contribution in [0.3, 0.4) is 0 Å². The van der Waals surface area contributed by atoms with Crippen LogP contribution < -0.4 is 0 Å². The zero-order valence-corrected chi connectivity index (χ0v) is 8.66. The summed E-state index contributed by atoms with van der Waals surface area (Å²) in [6.45, 7) is 3.44. The second-order valence-electron chi connectivity index (χ2n) is 3.02. The van der Waals surface area contributed by atoms with Crippen molar-refractivity contribution in [1.82, 2.24) is 0 Å². The van der Waals surface area contributed by atoms with Gasteiger partial charge in [-0.3, -0.25) is 0 Å². The summed E-state index contributed by atoms with van der Waals surface area (Å²) in [6.07, 6.45) is 1.78. The van der Waals surface area contributed by atoms with Crippen molar-refractivity contribution in [1.29, 1.82) is 0 Å². The van der Waals surface area contributed by atoms with Crippen LogP contribution in [-0.2, 0) is 9.84 Å². The lowest BCUT2D eigenvalue weighted by Crippen LogP contribution is -1.98. The maximum atomic E-state index is 11.1. The Morgan fingerprint density at radius 1 is 1.36 bits per heavy atom. The van der Waals surface area contributed by atoms with E-state index in [1.165, 1.54) is 18.2 Å². The molecule has 0 saturated heterocycles. The van der Waals surface area contributed by atoms with Gasteiger partial charge in [0.15, 0.2) is 9.84 Å². The molecule has 0 aliphatic rings. The molecule has 76 valence electrons. The maximum absolute atomic E-state index is 11.1. The Labute approximate surface area is 83.6 Å². The van der Waals surface area contributed by atoms with Gasteiger partial charge in [-0.25, -0.2) is 8.42 Å². The average molecular weight is 212 g/mol. The molecule has 1 N–H and O–H groups in total. The molecule has 1 aromatic carbocycles. The summed E-state index contributed by atoms with van der Waals surface area (Å²) in [5.41, 5.74) is 0.632. The van der Waals surface area contributed by atoms with Gasteiger partial charge in [-0.1, -0.05) is 18.2 Å². The smallest absolute Gasteiger partial charge is 0.175 e. The van der Waals surface area contributed by atoms with Crippen LogP contribution in [0.15, 0.2) is 41.8 Å². The van der Waals surface area contributed by atoms with Crippen molar-refractivity contribution in [3.8, 4) is 0 Å². The average Bonchev–Trinajstić information content (AvgIpc) is 2.15. The minimum atomic E-state index is -3.16. The van der Waals surface area contributed by atoms with Crippen LogP contribution in [-0.4, -0.2) is 19.8 Å². The topological polar surface area (TPSA) is 54.4 Å². The van der Waals surface area contributed by atoms with Gasteiger partial charge >= 0.3 is 0 Å². The van der Waals surface area contributed by atoms with Crippen LogP contribution in [0.4, 0.5) is 0 Å². The van der Waals surface area contributed by atoms with E-state index in [9.17, 15) is 13.5 Å². The van der Waals surface area contributed by atoms with Crippen LogP contribution in [0.5, 0.6) is 0 Å². The van der Waals surface area contributed by atoms with Crippen LogP contribution in [0, 0.1) is 0 Å². The summed E-state index contributed by atoms with van der Waals surface area (Å²) < 4.78 is 22.2. The van der Waals surface area contributed by atoms with Crippen LogP contribution in [0.2, 0.25) is 0 Å². The van der Waals surface area contributed by atoms with Gasteiger partial charge in [-0.2, -0.15) is 0 Å². The Bertz CT molecular complexity index is 417. The van der Waals surface area contributed by atoms with E-state index in [1.54, 1.807) is 12.1 Å². The predicted octanol–water partition coefficient (Wildman–Crippen LogP) is 1.31. The molecule has 0 aliphatic carbocycles. The number of benzene rings is 1. The molecule has 0 bridgehead atoms. The molecule has 0 heterocycles. The zero-order chi connectivity index (χ0) is 10.8. The van der Waals surface area contributed by atoms with E-state index in [2.05, 4.69) is 6.58 Å². The van der Waals surface area contributed by atoms with Gasteiger partial charge in [0.25, 0.3) is 0 Å². The minimum absolute atomic E-state index is 0.248. The van der Waals surface area contributed by atoms with Crippen molar-refractivity contribution in [3.05, 3.63) is 42.5 Å². The van der Waals surface area contributed by atoms with E-state index in [0.717, 1.165) is 6.26 Å². The number of hydrogen-bond donors (Lipinski definition) is 1. The molecule has 1 atom stereocenters. The third kappa shape index (κ3) is 2.43. The van der Waals surface area contributed by atoms with Crippen molar-refractivity contribution < 1.29 is 13.5 Å². The van der Waals surface area contributed by atoms with Crippen molar-refractivity contribution in [2.24, 2.45) is 0 Å². The second kappa shape index (κ2) is 3.94. The number of aliphatic hydroxyl groups excluding tert-OH is 1. The van der Waals surface area contributed by atoms with Crippen molar-refractivity contribution in [2.45, 2.75) is 11.0 Å². The van der Waals surface area contributed by atoms with Crippen LogP contribution in [0.25, 0.3) is 0 Å². The summed E-state index contributed by atoms with van der Waals surface area (Å²) in [6, 6.07) is 6.08. The number of sulfone groups is 1. The van der Waals surface area contributed by atoms with Crippen LogP contribution in [0.1, 0.15) is 11.7 Å². The molecule has 4 heteroatoms. The SMILES string of the molecule is C=CC(O)c1ccc(S(C)(=O)=O)cc1. The molecule has 0 fully saturated rings. The Kier molecular flexibility index (Phi) is 3.08. The third-order valence-electron chi connectivity index (χ3n) is 1.87. The number of aliphatic hydroxyl groups is 1. The first-order valence-corrected chi connectivity index (χ1v) is 5.95. The van der Waals surface area contributed by atoms with E-state index in [1.807, 2.05) is 0 Å². The molecule has 1 unspecified atom stereocenters. The first kappa shape index (κ1) is 10.9. The normalized spacial score (nSPS) is 13.6. The molecule has 0 amide bonds. The molecule has 1 aromatic rings. The standard InChI is InChI=1S/C10H12O3S/c1-3-10(11)8-4-6-9(7-5-8)14(2,12)13/h3-7,10-11H,1H2,2H3. The van der Waals surface area contributed by atoms with Gasteiger partial charge in [-0.05, 0) is 17.7 Å². The highest BCUT2D eigenvalue weighted by Gasteiger charge is 2.07. The molecule has 3 nitrogen and oxygen atoms in total. The molecule has 0 saturated carbocycles. The first-order chi connectivity index (χ1) is 6.45. The Morgan fingerprint density at radius 3 is 2.21 bits per heavy atom. The summed E-state index contributed by atoms with van der Waals surface area (Å²) >= 11 is 0. The molecule has 0 spiro atoms. The minimum Gasteiger partial charge on any atom is -0.384 e. The lowest BCUT2D eigenvalue weighted by atomic mass is 10.1. The molecule has 0 aliphatic heterocycles. The van der Waals surface area contributed by atoms with E-state index < -0.39 is 15.9 Å². The lowest BCUT2D eigenvalue weighted by molar-refractivity contribution is 0.229. The highest BCUT2D eigenvalue weighted by Crippen LogP contribution is 2.16. The van der Waals surface area contributed by atoms with E-state index in [4.69, 9.17) is 0 Å². The molecule has 1 rings (SSSR count). The molecular formula is C10H12O3S. The van der Waals surface area contributed by atoms with Gasteiger partial charge in [-0.15, -0.1) is 6.58 Å². The highest BCUT2D eigenvalue weighted by molar-refractivity contribution is 7.90. The summed E-state index contributed by atoms with van der Waals surface area (Å²) in [5, 5.41) is 9.36. The number of rotatable bonds is 3. The van der Waals surface area contributed by atoms with E-state index in [0.29, 0.717) is 5.56 Å². The van der Waals surface area contributed by atoms with E-state index >= 15 is 0 Å². The van der Waals surface area contributed by atoms with Crippen molar-refractivity contribution in [3.63, 3.8) is 0 Å². The summed E-state index contributed by atoms with van der Waals surface area (Å²) in [7, 11) is -3.16. The van der Waals surface area contributed by atoms with Gasteiger partial charge < -0.3 is 5.11 Å². The monoisotopic (exact) mass is 212 g/mol. The van der Waals surface area contributed by atoms with Gasteiger partial charge in [0.05, 0.1) is 11.0 Å². The number of hydrogen-bond acceptors (Lipinski definition) is 3. The van der Waals surface area contributed by atoms with Crippen molar-refractivity contribution >= 4 is 9.84 Å². The Hall–Kier alpha value is -1.13. The third-order valence-corrected chi connectivity index (χ3v) is 3.00. The van der Waals surface area contributed by atoms with Gasteiger partial charge in [0.1, 0.15) is 0 Å². The van der Waals surface area contributed by atoms with E-state index in [-0.39, 0.29) is 4.90 Å². The lowest BCUT2D eigenvalue weighted by Gasteiger charge is -2.05. The van der Waals surface area contributed by atoms with Gasteiger partial charge in [0, 0.05) is 6.26 Å². The fourth-order valence-electron chi connectivity index (χ4n) is 1.05. The quantitative estimate of drug-likeness (QED) is 0.768. The highest BCUT2D eigenvalue weighted by atomic mass is 32.2. The predicted molar refractivity (Wildman–Crippen MR) is 54.7 cm³/mol. The Balaban J connectivity index is 3.07. The summed E-state index contributed by atoms with van der Waals surface area (Å²) in [5.74, 6) is 0. The fraction of sp³-hybridized carbons (Fsp3) is 0.200. The molecule has 14 heavy (non-hydrogen) atoms. The van der Waals surface area contributed by atoms with Crippen molar-refractivity contribution in [2.75, 3.05) is 6.26 Å². The maximum Gasteiger partial charge on any atom is 0.175 e. The molecule has 0 radical (unpaired) electrons. The van der Waals surface area contributed by atoms with Gasteiger partial charge in [0.2, 0.25) is 0 Å².